The molecule has 0 spiro atoms. The van der Waals surface area contributed by atoms with Gasteiger partial charge in [-0.25, -0.2) is 0 Å². The van der Waals surface area contributed by atoms with E-state index in [0.29, 0.717) is 35.5 Å². The third-order valence-electron chi connectivity index (χ3n) is 8.98. The zero-order chi connectivity index (χ0) is 18.1. The molecule has 0 aromatic carbocycles. The van der Waals surface area contributed by atoms with Gasteiger partial charge in [0.15, 0.2) is 0 Å². The lowest BCUT2D eigenvalue weighted by Gasteiger charge is -2.59. The van der Waals surface area contributed by atoms with E-state index < -0.39 is 5.60 Å². The summed E-state index contributed by atoms with van der Waals surface area (Å²) in [5.41, 5.74) is 0.0732. The molecule has 4 unspecified atom stereocenters. The molecule has 10 atom stereocenters. The first-order chi connectivity index (χ1) is 11.7. The summed E-state index contributed by atoms with van der Waals surface area (Å²) in [6.45, 7) is 11.3. The van der Waals surface area contributed by atoms with Crippen LogP contribution in [0.25, 0.3) is 0 Å². The van der Waals surface area contributed by atoms with Gasteiger partial charge in [-0.1, -0.05) is 38.8 Å². The van der Waals surface area contributed by atoms with Gasteiger partial charge in [-0.05, 0) is 80.0 Å². The van der Waals surface area contributed by atoms with Crippen molar-refractivity contribution in [1.29, 1.82) is 0 Å². The normalized spacial score (nSPS) is 58.0. The highest BCUT2D eigenvalue weighted by molar-refractivity contribution is 5.31. The summed E-state index contributed by atoms with van der Waals surface area (Å²) in [6.07, 6.45) is 11.9. The molecule has 2 N–H and O–H groups in total. The minimum atomic E-state index is -1.01. The summed E-state index contributed by atoms with van der Waals surface area (Å²) < 4.78 is 0. The lowest BCUT2D eigenvalue weighted by Crippen LogP contribution is -2.56. The molecule has 4 saturated carbocycles. The SMILES string of the molecule is C#C[C@]1(O)[C@H](C)CC2C3C(C(=C)C[C@@]21C)C1CC[C@H](O)C[C@@H]1C[C@H]3C. The molecule has 4 aliphatic carbocycles. The molecule has 4 aliphatic rings. The van der Waals surface area contributed by atoms with Gasteiger partial charge in [0.25, 0.3) is 0 Å². The molecule has 4 fully saturated rings. The van der Waals surface area contributed by atoms with Crippen LogP contribution in [-0.4, -0.2) is 21.9 Å². The monoisotopic (exact) mass is 342 g/mol. The van der Waals surface area contributed by atoms with Crippen LogP contribution in [0.15, 0.2) is 12.2 Å². The van der Waals surface area contributed by atoms with Gasteiger partial charge in [-0.15, -0.1) is 6.42 Å². The molecular formula is C23H34O2. The highest BCUT2D eigenvalue weighted by Gasteiger charge is 2.66. The number of rotatable bonds is 0. The summed E-state index contributed by atoms with van der Waals surface area (Å²) in [6, 6.07) is 0. The lowest BCUT2D eigenvalue weighted by molar-refractivity contribution is -0.109. The van der Waals surface area contributed by atoms with Crippen LogP contribution in [0.1, 0.15) is 59.3 Å². The third-order valence-corrected chi connectivity index (χ3v) is 8.98. The van der Waals surface area contributed by atoms with Crippen LogP contribution in [0.3, 0.4) is 0 Å². The van der Waals surface area contributed by atoms with Crippen molar-refractivity contribution < 1.29 is 10.2 Å². The molecule has 0 bridgehead atoms. The molecule has 0 heterocycles. The molecule has 0 aromatic rings. The average molecular weight is 343 g/mol. The summed E-state index contributed by atoms with van der Waals surface area (Å²) in [5.74, 6) is 6.53. The second-order valence-electron chi connectivity index (χ2n) is 10.1. The number of allylic oxidation sites excluding steroid dienone is 1. The van der Waals surface area contributed by atoms with Gasteiger partial charge in [0.05, 0.1) is 6.10 Å². The van der Waals surface area contributed by atoms with Crippen molar-refractivity contribution >= 4 is 0 Å². The Morgan fingerprint density at radius 1 is 1.20 bits per heavy atom. The van der Waals surface area contributed by atoms with Crippen LogP contribution in [-0.2, 0) is 0 Å². The fraction of sp³-hybridized carbons (Fsp3) is 0.826. The summed E-state index contributed by atoms with van der Waals surface area (Å²) >= 11 is 0. The predicted octanol–water partition coefficient (Wildman–Crippen LogP) is 4.02. The molecule has 0 saturated heterocycles. The van der Waals surface area contributed by atoms with Gasteiger partial charge in [0.2, 0.25) is 0 Å². The summed E-state index contributed by atoms with van der Waals surface area (Å²) in [4.78, 5) is 0. The van der Waals surface area contributed by atoms with Gasteiger partial charge in [-0.2, -0.15) is 0 Å². The van der Waals surface area contributed by atoms with Crippen molar-refractivity contribution in [3.63, 3.8) is 0 Å². The van der Waals surface area contributed by atoms with E-state index in [1.807, 2.05) is 0 Å². The van der Waals surface area contributed by atoms with E-state index in [9.17, 15) is 10.2 Å². The van der Waals surface area contributed by atoms with E-state index in [1.54, 1.807) is 0 Å². The predicted molar refractivity (Wildman–Crippen MR) is 101 cm³/mol. The number of hydrogen-bond acceptors (Lipinski definition) is 2. The van der Waals surface area contributed by atoms with Gasteiger partial charge in [0, 0.05) is 5.41 Å². The molecule has 4 rings (SSSR count). The quantitative estimate of drug-likeness (QED) is 0.515. The first-order valence-electron chi connectivity index (χ1n) is 10.3. The van der Waals surface area contributed by atoms with E-state index >= 15 is 0 Å². The standard InChI is InChI=1S/C23H34O2/c1-6-23(25)15(4)10-19-21-13(2)9-16-11-17(24)7-8-18(16)20(21)14(3)12-22(19,23)5/h1,13,15-21,24-25H,3,7-12H2,2,4-5H3/t13-,15-,16+,17+,18?,19?,20?,21?,22+,23+/m1/s1. The Balaban J connectivity index is 1.73. The van der Waals surface area contributed by atoms with Gasteiger partial charge >= 0.3 is 0 Å². The lowest BCUT2D eigenvalue weighted by atomic mass is 9.46. The summed E-state index contributed by atoms with van der Waals surface area (Å²) in [7, 11) is 0. The van der Waals surface area contributed by atoms with Crippen molar-refractivity contribution in [2.75, 3.05) is 0 Å². The van der Waals surface area contributed by atoms with E-state index in [0.717, 1.165) is 32.1 Å². The molecule has 0 aliphatic heterocycles. The molecule has 0 radical (unpaired) electrons. The zero-order valence-electron chi connectivity index (χ0n) is 16.0. The topological polar surface area (TPSA) is 40.5 Å². The Morgan fingerprint density at radius 3 is 2.60 bits per heavy atom. The number of fused-ring (bicyclic) bond motifs is 5. The van der Waals surface area contributed by atoms with E-state index in [4.69, 9.17) is 6.42 Å². The average Bonchev–Trinajstić information content (AvgIpc) is 2.75. The van der Waals surface area contributed by atoms with Crippen molar-refractivity contribution in [3.05, 3.63) is 12.2 Å². The maximum absolute atomic E-state index is 11.4. The smallest absolute Gasteiger partial charge is 0.133 e. The first-order valence-corrected chi connectivity index (χ1v) is 10.3. The molecule has 2 heteroatoms. The number of aliphatic hydroxyl groups is 2. The largest absolute Gasteiger partial charge is 0.393 e. The van der Waals surface area contributed by atoms with Crippen LogP contribution in [0.4, 0.5) is 0 Å². The molecule has 0 aromatic heterocycles. The highest BCUT2D eigenvalue weighted by atomic mass is 16.3. The molecule has 138 valence electrons. The van der Waals surface area contributed by atoms with Crippen LogP contribution in [0.5, 0.6) is 0 Å². The fourth-order valence-electron chi connectivity index (χ4n) is 7.90. The number of aliphatic hydroxyl groups excluding tert-OH is 1. The third kappa shape index (κ3) is 2.18. The van der Waals surface area contributed by atoms with Crippen molar-refractivity contribution in [2.45, 2.75) is 71.0 Å². The fourth-order valence-corrected chi connectivity index (χ4v) is 7.90. The van der Waals surface area contributed by atoms with Crippen LogP contribution < -0.4 is 0 Å². The van der Waals surface area contributed by atoms with Crippen molar-refractivity contribution in [2.24, 2.45) is 46.8 Å². The number of hydrogen-bond donors (Lipinski definition) is 2. The zero-order valence-corrected chi connectivity index (χ0v) is 16.0. The van der Waals surface area contributed by atoms with Gasteiger partial charge in [-0.3, -0.25) is 0 Å². The Morgan fingerprint density at radius 2 is 1.92 bits per heavy atom. The maximum Gasteiger partial charge on any atom is 0.133 e. The summed E-state index contributed by atoms with van der Waals surface area (Å²) in [5, 5.41) is 21.5. The van der Waals surface area contributed by atoms with Crippen LogP contribution >= 0.6 is 0 Å². The van der Waals surface area contributed by atoms with E-state index in [2.05, 4.69) is 33.3 Å². The Kier molecular flexibility index (Phi) is 3.95. The van der Waals surface area contributed by atoms with Crippen LogP contribution in [0.2, 0.25) is 0 Å². The van der Waals surface area contributed by atoms with E-state index in [1.165, 1.54) is 12.0 Å². The van der Waals surface area contributed by atoms with Crippen molar-refractivity contribution in [3.8, 4) is 12.3 Å². The molecule has 25 heavy (non-hydrogen) atoms. The second kappa shape index (κ2) is 5.61. The minimum absolute atomic E-state index is 0.106. The van der Waals surface area contributed by atoms with Crippen LogP contribution in [0, 0.1) is 59.2 Å². The van der Waals surface area contributed by atoms with Gasteiger partial charge in [0.1, 0.15) is 5.60 Å². The highest BCUT2D eigenvalue weighted by Crippen LogP contribution is 2.68. The number of terminal acetylenes is 1. The Bertz CT molecular complexity index is 618. The molecule has 0 amide bonds. The van der Waals surface area contributed by atoms with Crippen molar-refractivity contribution in [1.82, 2.24) is 0 Å². The maximum atomic E-state index is 11.4. The molecule has 2 nitrogen and oxygen atoms in total. The van der Waals surface area contributed by atoms with E-state index in [-0.39, 0.29) is 17.4 Å². The van der Waals surface area contributed by atoms with Gasteiger partial charge < -0.3 is 10.2 Å². The Hall–Kier alpha value is -0.780. The molecular weight excluding hydrogens is 308 g/mol. The minimum Gasteiger partial charge on any atom is -0.393 e. The first kappa shape index (κ1) is 17.6. The Labute approximate surface area is 153 Å². The second-order valence-corrected chi connectivity index (χ2v) is 10.1.